The number of fused-ring (bicyclic) bond motifs is 1. The third-order valence-corrected chi connectivity index (χ3v) is 8.18. The van der Waals surface area contributed by atoms with Crippen molar-refractivity contribution in [2.75, 3.05) is 30.4 Å². The van der Waals surface area contributed by atoms with Gasteiger partial charge in [0.25, 0.3) is 0 Å². The van der Waals surface area contributed by atoms with Crippen molar-refractivity contribution < 1.29 is 14.3 Å². The van der Waals surface area contributed by atoms with Crippen molar-refractivity contribution in [3.05, 3.63) is 102 Å². The van der Waals surface area contributed by atoms with Crippen LogP contribution in [0.5, 0.6) is 0 Å². The number of nitrogens with one attached hydrogen (secondary N) is 3. The summed E-state index contributed by atoms with van der Waals surface area (Å²) in [7, 11) is 0. The van der Waals surface area contributed by atoms with Crippen molar-refractivity contribution in [2.24, 2.45) is 0 Å². The quantitative estimate of drug-likeness (QED) is 0.178. The molecule has 1 fully saturated rings. The highest BCUT2D eigenvalue weighted by Crippen LogP contribution is 2.34. The summed E-state index contributed by atoms with van der Waals surface area (Å²) in [6.07, 6.45) is 2.35. The number of pyridine rings is 1. The van der Waals surface area contributed by atoms with Gasteiger partial charge in [0.2, 0.25) is 6.41 Å². The lowest BCUT2D eigenvalue weighted by Crippen LogP contribution is -2.52. The molecule has 3 heterocycles. The monoisotopic (exact) mass is 617 g/mol. The zero-order valence-corrected chi connectivity index (χ0v) is 26.6. The largest absolute Gasteiger partial charge is 0.377 e. The third kappa shape index (κ3) is 6.78. The number of aromatic nitrogens is 3. The lowest BCUT2D eigenvalue weighted by molar-refractivity contribution is -0.114. The average Bonchev–Trinajstić information content (AvgIpc) is 3.47. The van der Waals surface area contributed by atoms with E-state index in [-0.39, 0.29) is 17.6 Å². The predicted molar refractivity (Wildman–Crippen MR) is 181 cm³/mol. The zero-order valence-electron chi connectivity index (χ0n) is 26.6. The minimum absolute atomic E-state index is 0.132. The first kappa shape index (κ1) is 30.9. The van der Waals surface area contributed by atoms with Crippen LogP contribution < -0.4 is 16.0 Å². The van der Waals surface area contributed by atoms with Crippen molar-refractivity contribution in [1.29, 1.82) is 0 Å². The number of benzene rings is 3. The Morgan fingerprint density at radius 1 is 1.00 bits per heavy atom. The number of carbonyl (C=O) groups excluding carboxylic acids is 2. The van der Waals surface area contributed by atoms with E-state index in [4.69, 9.17) is 9.84 Å². The van der Waals surface area contributed by atoms with Gasteiger partial charge in [-0.1, -0.05) is 75.4 Å². The number of aryl methyl sites for hydroxylation is 1. The van der Waals surface area contributed by atoms with E-state index in [1.165, 1.54) is 0 Å². The molecular weight excluding hydrogens is 578 g/mol. The number of rotatable bonds is 8. The molecule has 0 aliphatic carbocycles. The number of hydrogen-bond donors (Lipinski definition) is 3. The normalized spacial score (nSPS) is 15.4. The molecule has 10 heteroatoms. The van der Waals surface area contributed by atoms with Crippen LogP contribution in [0.15, 0.2) is 85.1 Å². The van der Waals surface area contributed by atoms with E-state index in [0.29, 0.717) is 31.3 Å². The first-order valence-corrected chi connectivity index (χ1v) is 15.4. The van der Waals surface area contributed by atoms with E-state index in [0.717, 1.165) is 57.5 Å². The van der Waals surface area contributed by atoms with E-state index < -0.39 is 0 Å². The number of morpholine rings is 1. The lowest BCUT2D eigenvalue weighted by Gasteiger charge is -2.35. The maximum atomic E-state index is 13.4. The summed E-state index contributed by atoms with van der Waals surface area (Å²) in [6.45, 7) is 10.8. The van der Waals surface area contributed by atoms with Crippen LogP contribution in [-0.4, -0.2) is 58.0 Å². The molecule has 3 amide bonds. The number of amides is 3. The Morgan fingerprint density at radius 2 is 1.78 bits per heavy atom. The van der Waals surface area contributed by atoms with E-state index in [1.54, 1.807) is 10.9 Å². The summed E-state index contributed by atoms with van der Waals surface area (Å²) >= 11 is 0. The highest BCUT2D eigenvalue weighted by Gasteiger charge is 2.23. The van der Waals surface area contributed by atoms with Gasteiger partial charge in [-0.25, -0.2) is 9.48 Å². The number of hydrogen-bond acceptors (Lipinski definition) is 6. The second-order valence-corrected chi connectivity index (χ2v) is 12.6. The first-order chi connectivity index (χ1) is 22.2. The maximum absolute atomic E-state index is 13.4. The Balaban J connectivity index is 1.22. The molecule has 0 bridgehead atoms. The van der Waals surface area contributed by atoms with E-state index in [9.17, 15) is 9.59 Å². The molecule has 1 saturated heterocycles. The molecule has 1 unspecified atom stereocenters. The Labute approximate surface area is 268 Å². The van der Waals surface area contributed by atoms with Crippen LogP contribution in [0.1, 0.15) is 37.7 Å². The topological polar surface area (TPSA) is 113 Å². The van der Waals surface area contributed by atoms with Gasteiger partial charge in [-0.05, 0) is 47.2 Å². The summed E-state index contributed by atoms with van der Waals surface area (Å²) in [4.78, 5) is 31.1. The molecular formula is C36H39N7O3. The third-order valence-electron chi connectivity index (χ3n) is 8.18. The van der Waals surface area contributed by atoms with Crippen LogP contribution in [-0.2, 0) is 21.5 Å². The molecule has 2 aromatic heterocycles. The molecule has 6 rings (SSSR count). The predicted octanol–water partition coefficient (Wildman–Crippen LogP) is 6.24. The Kier molecular flexibility index (Phi) is 8.83. The van der Waals surface area contributed by atoms with Crippen molar-refractivity contribution in [1.82, 2.24) is 25.0 Å². The lowest BCUT2D eigenvalue weighted by atomic mass is 9.92. The average molecular weight is 618 g/mol. The second kappa shape index (κ2) is 13.1. The summed E-state index contributed by atoms with van der Waals surface area (Å²) < 4.78 is 7.24. The van der Waals surface area contributed by atoms with Gasteiger partial charge in [-0.3, -0.25) is 20.0 Å². The van der Waals surface area contributed by atoms with Gasteiger partial charge in [-0.2, -0.15) is 5.10 Å². The number of urea groups is 1. The van der Waals surface area contributed by atoms with Gasteiger partial charge in [0, 0.05) is 35.7 Å². The van der Waals surface area contributed by atoms with Crippen LogP contribution in [0, 0.1) is 6.92 Å². The molecule has 0 spiro atoms. The molecule has 1 atom stereocenters. The van der Waals surface area contributed by atoms with Crippen molar-refractivity contribution >= 4 is 34.7 Å². The first-order valence-electron chi connectivity index (χ1n) is 15.4. The van der Waals surface area contributed by atoms with Crippen LogP contribution in [0.4, 0.5) is 16.3 Å². The van der Waals surface area contributed by atoms with E-state index >= 15 is 0 Å². The number of ether oxygens (including phenoxy) is 1. The molecule has 46 heavy (non-hydrogen) atoms. The second-order valence-electron chi connectivity index (χ2n) is 12.6. The molecule has 5 aromatic rings. The highest BCUT2D eigenvalue weighted by atomic mass is 16.5. The summed E-state index contributed by atoms with van der Waals surface area (Å²) in [5, 5.41) is 15.7. The van der Waals surface area contributed by atoms with Gasteiger partial charge in [-0.15, -0.1) is 0 Å². The molecule has 3 aromatic carbocycles. The van der Waals surface area contributed by atoms with Gasteiger partial charge in [0.05, 0.1) is 36.5 Å². The molecule has 3 N–H and O–H groups in total. The van der Waals surface area contributed by atoms with Crippen LogP contribution in [0.2, 0.25) is 0 Å². The van der Waals surface area contributed by atoms with Crippen molar-refractivity contribution in [3.63, 3.8) is 0 Å². The van der Waals surface area contributed by atoms with Gasteiger partial charge >= 0.3 is 6.03 Å². The maximum Gasteiger partial charge on any atom is 0.324 e. The summed E-state index contributed by atoms with van der Waals surface area (Å²) in [5.41, 5.74) is 6.31. The smallest absolute Gasteiger partial charge is 0.324 e. The fourth-order valence-electron chi connectivity index (χ4n) is 5.63. The van der Waals surface area contributed by atoms with Gasteiger partial charge < -0.3 is 15.4 Å². The molecule has 10 nitrogen and oxygen atoms in total. The molecule has 0 saturated carbocycles. The van der Waals surface area contributed by atoms with Gasteiger partial charge in [0.15, 0.2) is 0 Å². The molecule has 1 aliphatic heterocycles. The standard InChI is InChI=1S/C36H39N7O3/c1-24-9-14-27(20-37-24)43-33(19-32(41-43)36(2,3)4)40-35(45)39-31-16-15-28(29-7-5-6-8-30(29)31)26-12-10-25(11-13-26)21-42-17-18-46-22-34(42)38-23-44/h5-16,19-20,23,34H,17-18,21-22H2,1-4H3,(H,38,44)(H2,39,40,45). The Bertz CT molecular complexity index is 1840. The number of carbonyl (C=O) groups is 2. The molecule has 1 aliphatic rings. The van der Waals surface area contributed by atoms with Crippen LogP contribution in [0.3, 0.4) is 0 Å². The van der Waals surface area contributed by atoms with Gasteiger partial charge in [0.1, 0.15) is 12.0 Å². The van der Waals surface area contributed by atoms with Crippen LogP contribution >= 0.6 is 0 Å². The zero-order chi connectivity index (χ0) is 32.3. The molecule has 0 radical (unpaired) electrons. The van der Waals surface area contributed by atoms with Crippen molar-refractivity contribution in [2.45, 2.75) is 45.8 Å². The van der Waals surface area contributed by atoms with Crippen LogP contribution in [0.25, 0.3) is 27.6 Å². The van der Waals surface area contributed by atoms with Crippen molar-refractivity contribution in [3.8, 4) is 16.8 Å². The fraction of sp³-hybridized carbons (Fsp3) is 0.278. The number of nitrogens with zero attached hydrogens (tertiary/aromatic N) is 4. The minimum atomic E-state index is -0.366. The van der Waals surface area contributed by atoms with E-state index in [1.807, 2.05) is 55.5 Å². The Morgan fingerprint density at radius 3 is 2.50 bits per heavy atom. The Hall–Kier alpha value is -5.06. The number of anilines is 2. The fourth-order valence-corrected chi connectivity index (χ4v) is 5.63. The summed E-state index contributed by atoms with van der Waals surface area (Å²) in [5.74, 6) is 0.555. The highest BCUT2D eigenvalue weighted by molar-refractivity contribution is 6.09. The summed E-state index contributed by atoms with van der Waals surface area (Å²) in [6, 6.07) is 25.9. The molecule has 236 valence electrons. The SMILES string of the molecule is Cc1ccc(-n2nc(C(C)(C)C)cc2NC(=O)Nc2ccc(-c3ccc(CN4CCOCC4NC=O)cc3)c3ccccc23)cn1. The minimum Gasteiger partial charge on any atom is -0.377 e. The van der Waals surface area contributed by atoms with E-state index in [2.05, 4.69) is 76.9 Å².